The Morgan fingerprint density at radius 1 is 0.667 bits per heavy atom. The second-order valence-electron chi connectivity index (χ2n) is 17.1. The molecule has 2 N–H and O–H groups in total. The summed E-state index contributed by atoms with van der Waals surface area (Å²) in [4.78, 5) is 15.1. The SMILES string of the molecule is CC[C@@H]1C[C@H](CS(=O)(=O)C2CC2)C[C@@]1(C)c1nnc2cnc3[nH]ccc3n12.CC[C@H]1C[C@@H](CS(=O)(=O)C2CC2)C[C@]1(C)c1nnc2cnc3[nH]ccc3n12. The van der Waals surface area contributed by atoms with Crippen LogP contribution in [-0.2, 0) is 30.5 Å². The zero-order valence-corrected chi connectivity index (χ0v) is 33.1. The van der Waals surface area contributed by atoms with Gasteiger partial charge in [0.1, 0.15) is 11.6 Å². The van der Waals surface area contributed by atoms with Crippen molar-refractivity contribution >= 4 is 53.3 Å². The highest BCUT2D eigenvalue weighted by Crippen LogP contribution is 2.52. The smallest absolute Gasteiger partial charge is 0.179 e. The van der Waals surface area contributed by atoms with Gasteiger partial charge in [-0.15, -0.1) is 20.4 Å². The average molecular weight is 775 g/mol. The summed E-state index contributed by atoms with van der Waals surface area (Å²) in [7, 11) is -5.89. The van der Waals surface area contributed by atoms with Crippen molar-refractivity contribution < 1.29 is 16.8 Å². The molecule has 0 aromatic carbocycles. The van der Waals surface area contributed by atoms with Crippen LogP contribution in [0.4, 0.5) is 0 Å². The molecule has 4 fully saturated rings. The van der Waals surface area contributed by atoms with Gasteiger partial charge in [0.25, 0.3) is 0 Å². The van der Waals surface area contributed by atoms with E-state index in [-0.39, 0.29) is 33.2 Å². The zero-order chi connectivity index (χ0) is 37.6. The number of aromatic amines is 2. The third kappa shape index (κ3) is 5.93. The van der Waals surface area contributed by atoms with Crippen LogP contribution < -0.4 is 0 Å². The van der Waals surface area contributed by atoms with Gasteiger partial charge in [-0.25, -0.2) is 26.8 Å². The van der Waals surface area contributed by atoms with E-state index in [1.807, 2.05) is 24.5 Å². The van der Waals surface area contributed by atoms with Gasteiger partial charge in [0.05, 0.1) is 45.4 Å². The monoisotopic (exact) mass is 774 g/mol. The van der Waals surface area contributed by atoms with Crippen LogP contribution in [0.2, 0.25) is 0 Å². The summed E-state index contributed by atoms with van der Waals surface area (Å²) < 4.78 is 54.4. The van der Waals surface area contributed by atoms with Gasteiger partial charge in [-0.1, -0.05) is 40.5 Å². The Morgan fingerprint density at radius 3 is 1.44 bits per heavy atom. The van der Waals surface area contributed by atoms with E-state index in [1.165, 1.54) is 0 Å². The van der Waals surface area contributed by atoms with Gasteiger partial charge in [0.2, 0.25) is 0 Å². The minimum absolute atomic E-state index is 0.0797. The van der Waals surface area contributed by atoms with Gasteiger partial charge in [-0.2, -0.15) is 0 Å². The molecule has 4 aliphatic rings. The fourth-order valence-electron chi connectivity index (χ4n) is 10.3. The van der Waals surface area contributed by atoms with Gasteiger partial charge < -0.3 is 9.97 Å². The number of sulfone groups is 2. The highest BCUT2D eigenvalue weighted by molar-refractivity contribution is 7.92. The molecule has 0 amide bonds. The van der Waals surface area contributed by atoms with Crippen molar-refractivity contribution in [2.24, 2.45) is 23.7 Å². The van der Waals surface area contributed by atoms with Gasteiger partial charge in [0.15, 0.2) is 42.3 Å². The van der Waals surface area contributed by atoms with Crippen LogP contribution in [0.15, 0.2) is 36.9 Å². The Hall–Kier alpha value is -3.92. The molecule has 0 radical (unpaired) electrons. The van der Waals surface area contributed by atoms with E-state index in [9.17, 15) is 16.8 Å². The van der Waals surface area contributed by atoms with Gasteiger partial charge in [-0.05, 0) is 87.2 Å². The first-order valence-corrected chi connectivity index (χ1v) is 23.1. The molecule has 54 heavy (non-hydrogen) atoms. The summed E-state index contributed by atoms with van der Waals surface area (Å²) in [5.41, 5.74) is 4.66. The van der Waals surface area contributed by atoms with Crippen molar-refractivity contribution in [2.45, 2.75) is 113 Å². The molecule has 0 spiro atoms. The lowest BCUT2D eigenvalue weighted by Crippen LogP contribution is -2.29. The maximum absolute atomic E-state index is 12.5. The number of H-pyrrole nitrogens is 2. The van der Waals surface area contributed by atoms with E-state index in [0.717, 1.165) is 109 Å². The van der Waals surface area contributed by atoms with E-state index in [1.54, 1.807) is 12.4 Å². The van der Waals surface area contributed by atoms with Gasteiger partial charge >= 0.3 is 0 Å². The van der Waals surface area contributed by atoms with Crippen molar-refractivity contribution in [3.63, 3.8) is 0 Å². The normalized spacial score (nSPS) is 29.1. The highest BCUT2D eigenvalue weighted by atomic mass is 32.2. The van der Waals surface area contributed by atoms with E-state index >= 15 is 0 Å². The second-order valence-corrected chi connectivity index (χ2v) is 21.7. The molecular weight excluding hydrogens is 725 g/mol. The van der Waals surface area contributed by atoms with Crippen molar-refractivity contribution in [2.75, 3.05) is 11.5 Å². The van der Waals surface area contributed by atoms with Crippen molar-refractivity contribution in [3.8, 4) is 0 Å². The molecule has 6 heterocycles. The second kappa shape index (κ2) is 12.8. The number of aromatic nitrogens is 10. The number of nitrogens with one attached hydrogen (secondary N) is 2. The molecular formula is C38H50N10O4S2. The first-order chi connectivity index (χ1) is 25.8. The predicted octanol–water partition coefficient (Wildman–Crippen LogP) is 5.75. The summed E-state index contributed by atoms with van der Waals surface area (Å²) >= 11 is 0. The molecule has 0 saturated heterocycles. The Morgan fingerprint density at radius 2 is 1.07 bits per heavy atom. The molecule has 6 aromatic heterocycles. The fourth-order valence-corrected chi connectivity index (χ4v) is 14.4. The Kier molecular flexibility index (Phi) is 8.49. The summed E-state index contributed by atoms with van der Waals surface area (Å²) in [6, 6.07) is 3.99. The molecule has 6 aromatic rings. The van der Waals surface area contributed by atoms with E-state index < -0.39 is 19.7 Å². The van der Waals surface area contributed by atoms with Gasteiger partial charge in [0, 0.05) is 23.2 Å². The highest BCUT2D eigenvalue weighted by Gasteiger charge is 2.51. The molecule has 14 nitrogen and oxygen atoms in total. The topological polar surface area (TPSA) is 186 Å². The van der Waals surface area contributed by atoms with E-state index in [0.29, 0.717) is 23.3 Å². The predicted molar refractivity (Wildman–Crippen MR) is 207 cm³/mol. The Balaban J connectivity index is 0.000000142. The standard InChI is InChI=1S/2C19H25N5O2S/c2*1-3-13-8-12(11-27(25,26)14-4-5-14)9-19(13,2)18-23-22-16-10-21-17-15(24(16)18)6-7-20-17/h2*6-7,10,12-14,20H,3-5,8-9,11H2,1-2H3/t2*12-,13+,19+/m10/s1. The molecule has 10 rings (SSSR count). The minimum Gasteiger partial charge on any atom is -0.345 e. The maximum Gasteiger partial charge on any atom is 0.179 e. The summed E-state index contributed by atoms with van der Waals surface area (Å²) in [6.07, 6.45) is 16.2. The van der Waals surface area contributed by atoms with Crippen molar-refractivity contribution in [1.82, 2.24) is 49.1 Å². The average Bonchev–Trinajstić information content (AvgIpc) is 3.82. The first kappa shape index (κ1) is 35.8. The lowest BCUT2D eigenvalue weighted by molar-refractivity contribution is 0.315. The Bertz CT molecular complexity index is 2410. The molecule has 0 bridgehead atoms. The van der Waals surface area contributed by atoms with Crippen molar-refractivity contribution in [3.05, 3.63) is 48.6 Å². The Labute approximate surface area is 315 Å². The molecule has 0 aliphatic heterocycles. The fraction of sp³-hybridized carbons (Fsp3) is 0.632. The first-order valence-electron chi connectivity index (χ1n) is 19.6. The number of rotatable bonds is 10. The maximum atomic E-state index is 12.5. The lowest BCUT2D eigenvalue weighted by Gasteiger charge is -2.29. The van der Waals surface area contributed by atoms with E-state index in [2.05, 4.69) is 76.8 Å². The number of nitrogens with zero attached hydrogens (tertiary/aromatic N) is 8. The molecule has 4 saturated carbocycles. The number of hydrogen-bond donors (Lipinski definition) is 2. The third-order valence-corrected chi connectivity index (χ3v) is 18.2. The van der Waals surface area contributed by atoms with Crippen LogP contribution in [0.3, 0.4) is 0 Å². The van der Waals surface area contributed by atoms with Crippen LogP contribution in [-0.4, -0.2) is 88.0 Å². The quantitative estimate of drug-likeness (QED) is 0.174. The zero-order valence-electron chi connectivity index (χ0n) is 31.4. The minimum atomic E-state index is -2.95. The molecule has 16 heteroatoms. The summed E-state index contributed by atoms with van der Waals surface area (Å²) in [5, 5.41) is 17.7. The molecule has 288 valence electrons. The van der Waals surface area contributed by atoms with Gasteiger partial charge in [-0.3, -0.25) is 8.80 Å². The molecule has 4 aliphatic carbocycles. The van der Waals surface area contributed by atoms with Crippen LogP contribution in [0.1, 0.15) is 104 Å². The van der Waals surface area contributed by atoms with Crippen molar-refractivity contribution in [1.29, 1.82) is 0 Å². The number of fused-ring (bicyclic) bond motifs is 6. The van der Waals surface area contributed by atoms with Crippen LogP contribution in [0.5, 0.6) is 0 Å². The summed E-state index contributed by atoms with van der Waals surface area (Å²) in [6.45, 7) is 8.86. The third-order valence-electron chi connectivity index (χ3n) is 13.4. The van der Waals surface area contributed by atoms with Crippen LogP contribution in [0, 0.1) is 23.7 Å². The molecule has 0 unspecified atom stereocenters. The summed E-state index contributed by atoms with van der Waals surface area (Å²) in [5.74, 6) is 3.69. The van der Waals surface area contributed by atoms with Crippen LogP contribution in [0.25, 0.3) is 33.6 Å². The largest absolute Gasteiger partial charge is 0.345 e. The molecule has 6 atom stereocenters. The van der Waals surface area contributed by atoms with E-state index in [4.69, 9.17) is 0 Å². The number of hydrogen-bond acceptors (Lipinski definition) is 10. The lowest BCUT2D eigenvalue weighted by atomic mass is 9.77. The van der Waals surface area contributed by atoms with Crippen LogP contribution >= 0.6 is 0 Å².